The van der Waals surface area contributed by atoms with E-state index in [-0.39, 0.29) is 0 Å². The standard InChI is InChI=1S/C25H14F6O8/c26-24(27,28)12-3-1-11(2-4-12)23(25(29,30)31,13-5-7-15(19(32)33)17(9-13)21(36)37)14-6-8-16(20(34)35)18(10-14)22(38)39/h1-10H,(H,32,33)(H,34,35)(H,36,37)(H,38,39). The SMILES string of the molecule is O=C(O)c1ccc(C(c2ccc(C(F)(F)F)cc2)(c2ccc(C(=O)O)c(C(=O)O)c2)C(F)(F)F)cc1C(=O)O. The summed E-state index contributed by atoms with van der Waals surface area (Å²) in [5.41, 5.74) is -11.8. The first-order valence-electron chi connectivity index (χ1n) is 10.4. The van der Waals surface area contributed by atoms with E-state index in [1.807, 2.05) is 0 Å². The Balaban J connectivity index is 2.56. The van der Waals surface area contributed by atoms with Gasteiger partial charge >= 0.3 is 36.2 Å². The van der Waals surface area contributed by atoms with E-state index < -0.39 is 86.2 Å². The maximum absolute atomic E-state index is 15.2. The van der Waals surface area contributed by atoms with E-state index in [2.05, 4.69) is 0 Å². The topological polar surface area (TPSA) is 149 Å². The lowest BCUT2D eigenvalue weighted by atomic mass is 9.67. The Morgan fingerprint density at radius 3 is 1.05 bits per heavy atom. The van der Waals surface area contributed by atoms with Gasteiger partial charge in [0, 0.05) is 0 Å². The molecule has 0 heterocycles. The van der Waals surface area contributed by atoms with Crippen molar-refractivity contribution in [2.45, 2.75) is 17.8 Å². The van der Waals surface area contributed by atoms with Crippen molar-refractivity contribution in [3.8, 4) is 0 Å². The summed E-state index contributed by atoms with van der Waals surface area (Å²) < 4.78 is 85.1. The first-order valence-corrected chi connectivity index (χ1v) is 10.4. The van der Waals surface area contributed by atoms with Gasteiger partial charge in [0.15, 0.2) is 0 Å². The lowest BCUT2D eigenvalue weighted by molar-refractivity contribution is -0.166. The quantitative estimate of drug-likeness (QED) is 0.223. The summed E-state index contributed by atoms with van der Waals surface area (Å²) in [5, 5.41) is 37.5. The summed E-state index contributed by atoms with van der Waals surface area (Å²) in [6.45, 7) is 0. The monoisotopic (exact) mass is 556 g/mol. The molecule has 0 unspecified atom stereocenters. The number of halogens is 6. The Labute approximate surface area is 213 Å². The number of alkyl halides is 6. The molecule has 0 amide bonds. The molecule has 0 aliphatic carbocycles. The molecule has 3 rings (SSSR count). The summed E-state index contributed by atoms with van der Waals surface area (Å²) >= 11 is 0. The first-order chi connectivity index (χ1) is 17.9. The van der Waals surface area contributed by atoms with Crippen LogP contribution in [-0.2, 0) is 11.6 Å². The largest absolute Gasteiger partial charge is 0.478 e. The second kappa shape index (κ2) is 9.78. The molecule has 14 heteroatoms. The number of carbonyl (C=O) groups is 4. The van der Waals surface area contributed by atoms with Crippen molar-refractivity contribution >= 4 is 23.9 Å². The summed E-state index contributed by atoms with van der Waals surface area (Å²) in [7, 11) is 0. The molecule has 0 saturated heterocycles. The lowest BCUT2D eigenvalue weighted by Crippen LogP contribution is -2.45. The molecule has 0 aliphatic heterocycles. The van der Waals surface area contributed by atoms with E-state index in [1.165, 1.54) is 0 Å². The normalized spacial score (nSPS) is 12.2. The summed E-state index contributed by atoms with van der Waals surface area (Å²) in [6, 6.07) is 4.56. The minimum absolute atomic E-state index is 0.323. The van der Waals surface area contributed by atoms with Crippen molar-refractivity contribution in [1.82, 2.24) is 0 Å². The number of hydrogen-bond donors (Lipinski definition) is 4. The third-order valence-corrected chi connectivity index (χ3v) is 5.90. The van der Waals surface area contributed by atoms with Gasteiger partial charge in [-0.2, -0.15) is 26.3 Å². The highest BCUT2D eigenvalue weighted by molar-refractivity contribution is 6.03. The zero-order valence-corrected chi connectivity index (χ0v) is 19.0. The van der Waals surface area contributed by atoms with Gasteiger partial charge in [-0.15, -0.1) is 0 Å². The van der Waals surface area contributed by atoms with Crippen LogP contribution in [0.5, 0.6) is 0 Å². The predicted molar refractivity (Wildman–Crippen MR) is 118 cm³/mol. The molecule has 3 aromatic rings. The van der Waals surface area contributed by atoms with Crippen LogP contribution in [0.2, 0.25) is 0 Å². The number of benzene rings is 3. The Morgan fingerprint density at radius 2 is 0.769 bits per heavy atom. The fourth-order valence-electron chi connectivity index (χ4n) is 4.18. The van der Waals surface area contributed by atoms with Crippen LogP contribution in [0.25, 0.3) is 0 Å². The van der Waals surface area contributed by atoms with E-state index in [0.717, 1.165) is 0 Å². The maximum atomic E-state index is 15.2. The van der Waals surface area contributed by atoms with Gasteiger partial charge < -0.3 is 20.4 Å². The van der Waals surface area contributed by atoms with Crippen LogP contribution >= 0.6 is 0 Å². The fraction of sp³-hybridized carbons (Fsp3) is 0.120. The molecule has 3 aromatic carbocycles. The lowest BCUT2D eigenvalue weighted by Gasteiger charge is -2.38. The molecule has 0 bridgehead atoms. The van der Waals surface area contributed by atoms with Gasteiger partial charge in [0.05, 0.1) is 27.8 Å². The molecule has 0 spiro atoms. The van der Waals surface area contributed by atoms with Crippen LogP contribution in [0, 0.1) is 0 Å². The molecule has 4 N–H and O–H groups in total. The summed E-state index contributed by atoms with van der Waals surface area (Å²) in [4.78, 5) is 46.4. The average molecular weight is 556 g/mol. The number of carboxylic acids is 4. The van der Waals surface area contributed by atoms with Gasteiger partial charge in [-0.3, -0.25) is 0 Å². The molecule has 0 saturated carbocycles. The Hall–Kier alpha value is -4.88. The average Bonchev–Trinajstić information content (AvgIpc) is 2.83. The van der Waals surface area contributed by atoms with Crippen LogP contribution in [0.1, 0.15) is 63.7 Å². The molecule has 0 aromatic heterocycles. The Morgan fingerprint density at radius 1 is 0.462 bits per heavy atom. The highest BCUT2D eigenvalue weighted by Crippen LogP contribution is 2.52. The molecule has 204 valence electrons. The van der Waals surface area contributed by atoms with Gasteiger partial charge in [0.25, 0.3) is 0 Å². The molecule has 0 fully saturated rings. The van der Waals surface area contributed by atoms with Crippen molar-refractivity contribution in [2.75, 3.05) is 0 Å². The zero-order valence-electron chi connectivity index (χ0n) is 19.0. The van der Waals surface area contributed by atoms with Crippen molar-refractivity contribution < 1.29 is 65.9 Å². The Kier molecular flexibility index (Phi) is 7.19. The molecule has 0 radical (unpaired) electrons. The molecule has 0 atom stereocenters. The van der Waals surface area contributed by atoms with Crippen LogP contribution in [0.3, 0.4) is 0 Å². The van der Waals surface area contributed by atoms with Crippen molar-refractivity contribution in [2.24, 2.45) is 0 Å². The molecular formula is C25H14F6O8. The highest BCUT2D eigenvalue weighted by Gasteiger charge is 2.59. The second-order valence-corrected chi connectivity index (χ2v) is 8.06. The summed E-state index contributed by atoms with van der Waals surface area (Å²) in [6.07, 6.45) is -10.5. The van der Waals surface area contributed by atoms with E-state index in [4.69, 9.17) is 0 Å². The maximum Gasteiger partial charge on any atom is 0.416 e. The number of aromatic carboxylic acids is 4. The molecular weight excluding hydrogens is 542 g/mol. The van der Waals surface area contributed by atoms with Crippen LogP contribution in [0.4, 0.5) is 26.3 Å². The first kappa shape index (κ1) is 28.7. The molecule has 8 nitrogen and oxygen atoms in total. The van der Waals surface area contributed by atoms with E-state index in [9.17, 15) is 52.8 Å². The summed E-state index contributed by atoms with van der Waals surface area (Å²) in [5.74, 6) is -7.48. The van der Waals surface area contributed by atoms with E-state index in [0.29, 0.717) is 60.7 Å². The second-order valence-electron chi connectivity index (χ2n) is 8.06. The molecule has 0 aliphatic rings. The fourth-order valence-corrected chi connectivity index (χ4v) is 4.18. The number of hydrogen-bond acceptors (Lipinski definition) is 4. The zero-order chi connectivity index (χ0) is 29.5. The van der Waals surface area contributed by atoms with Crippen molar-refractivity contribution in [3.05, 3.63) is 105 Å². The predicted octanol–water partition coefficient (Wildman–Crippen LogP) is 5.39. The smallest absolute Gasteiger partial charge is 0.416 e. The third-order valence-electron chi connectivity index (χ3n) is 5.90. The number of carboxylic acid groups (broad SMARTS) is 4. The van der Waals surface area contributed by atoms with Crippen LogP contribution < -0.4 is 0 Å². The van der Waals surface area contributed by atoms with Gasteiger partial charge in [-0.05, 0) is 53.1 Å². The van der Waals surface area contributed by atoms with Crippen LogP contribution in [0.15, 0.2) is 60.7 Å². The van der Waals surface area contributed by atoms with Crippen molar-refractivity contribution in [1.29, 1.82) is 0 Å². The number of rotatable bonds is 7. The molecule has 39 heavy (non-hydrogen) atoms. The Bertz CT molecular complexity index is 1410. The minimum atomic E-state index is -5.53. The van der Waals surface area contributed by atoms with Gasteiger partial charge in [0.2, 0.25) is 0 Å². The van der Waals surface area contributed by atoms with Gasteiger partial charge in [0.1, 0.15) is 5.41 Å². The van der Waals surface area contributed by atoms with Gasteiger partial charge in [-0.1, -0.05) is 24.3 Å². The minimum Gasteiger partial charge on any atom is -0.478 e. The third kappa shape index (κ3) is 5.00. The van der Waals surface area contributed by atoms with E-state index in [1.54, 1.807) is 0 Å². The van der Waals surface area contributed by atoms with Crippen molar-refractivity contribution in [3.63, 3.8) is 0 Å². The van der Waals surface area contributed by atoms with Crippen LogP contribution in [-0.4, -0.2) is 50.5 Å². The highest BCUT2D eigenvalue weighted by atomic mass is 19.4. The van der Waals surface area contributed by atoms with E-state index >= 15 is 13.2 Å². The van der Waals surface area contributed by atoms with Gasteiger partial charge in [-0.25, -0.2) is 19.2 Å².